The third-order valence-corrected chi connectivity index (χ3v) is 6.66. The van der Waals surface area contributed by atoms with E-state index in [-0.39, 0.29) is 21.7 Å². The van der Waals surface area contributed by atoms with Crippen LogP contribution in [0.25, 0.3) is 0 Å². The van der Waals surface area contributed by atoms with Crippen molar-refractivity contribution in [1.82, 2.24) is 6.24 Å². The zero-order valence-corrected chi connectivity index (χ0v) is 9.91. The molecule has 2 aliphatic heterocycles. The maximum absolute atomic E-state index is 2.76. The molecule has 2 aliphatic rings. The van der Waals surface area contributed by atoms with Gasteiger partial charge in [0.1, 0.15) is 0 Å². The molecule has 62 valence electrons. The topological polar surface area (TPSA) is 6.48 Å². The van der Waals surface area contributed by atoms with Crippen LogP contribution < -0.4 is 0 Å². The van der Waals surface area contributed by atoms with E-state index >= 15 is 0 Å². The van der Waals surface area contributed by atoms with Crippen molar-refractivity contribution in [2.45, 2.75) is 25.7 Å². The van der Waals surface area contributed by atoms with Crippen LogP contribution in [0.2, 0.25) is 0 Å². The van der Waals surface area contributed by atoms with E-state index in [0.717, 1.165) is 0 Å². The fourth-order valence-electron chi connectivity index (χ4n) is 1.83. The van der Waals surface area contributed by atoms with Crippen LogP contribution in [-0.2, 0) is 0 Å². The third kappa shape index (κ3) is 2.33. The van der Waals surface area contributed by atoms with Gasteiger partial charge in [-0.05, 0) is 0 Å². The van der Waals surface area contributed by atoms with E-state index in [4.69, 9.17) is 0 Å². The van der Waals surface area contributed by atoms with E-state index in [0.29, 0.717) is 0 Å². The second-order valence-corrected chi connectivity index (χ2v) is 7.67. The van der Waals surface area contributed by atoms with Crippen molar-refractivity contribution in [3.8, 4) is 0 Å². The molecule has 0 aromatic carbocycles. The van der Waals surface area contributed by atoms with E-state index in [9.17, 15) is 0 Å². The minimum atomic E-state index is -0.242. The first-order chi connectivity index (χ1) is 5.45. The molecule has 2 saturated heterocycles. The zero-order valence-electron chi connectivity index (χ0n) is 7.05. The number of hydrogen-bond donors (Lipinski definition) is 0. The molecule has 2 fully saturated rings. The Kier molecular flexibility index (Phi) is 3.10. The third-order valence-electron chi connectivity index (χ3n) is 2.49. The summed E-state index contributed by atoms with van der Waals surface area (Å²) in [6, 6.07) is 0. The Morgan fingerprint density at radius 1 is 0.636 bits per heavy atom. The Morgan fingerprint density at radius 3 is 1.36 bits per heavy atom. The van der Waals surface area contributed by atoms with Gasteiger partial charge in [-0.3, -0.25) is 0 Å². The van der Waals surface area contributed by atoms with Crippen molar-refractivity contribution < 1.29 is 0 Å². The Balaban J connectivity index is 1.71. The summed E-state index contributed by atoms with van der Waals surface area (Å²) in [6.45, 7) is 5.68. The molecule has 0 saturated carbocycles. The van der Waals surface area contributed by atoms with Gasteiger partial charge in [0.2, 0.25) is 0 Å². The van der Waals surface area contributed by atoms with Crippen LogP contribution in [0.3, 0.4) is 0 Å². The molecular weight excluding hydrogens is 243 g/mol. The molecule has 3 heteroatoms. The van der Waals surface area contributed by atoms with Gasteiger partial charge in [0, 0.05) is 0 Å². The van der Waals surface area contributed by atoms with Crippen LogP contribution in [0, 0.1) is 0 Å². The molecule has 0 amide bonds. The van der Waals surface area contributed by atoms with E-state index in [1.54, 1.807) is 0 Å². The number of hydrogen-bond acceptors (Lipinski definition) is 2. The van der Waals surface area contributed by atoms with Crippen molar-refractivity contribution in [1.29, 1.82) is 0 Å². The molecule has 0 aliphatic carbocycles. The molecule has 0 N–H and O–H groups in total. The quantitative estimate of drug-likeness (QED) is 0.674. The van der Waals surface area contributed by atoms with Gasteiger partial charge in [0.15, 0.2) is 0 Å². The second kappa shape index (κ2) is 4.10. The fourth-order valence-corrected chi connectivity index (χ4v) is 5.92. The average molecular weight is 259 g/mol. The van der Waals surface area contributed by atoms with Crippen LogP contribution in [0.4, 0.5) is 0 Å². The molecule has 2 rings (SSSR count). The molecule has 2 radical (unpaired) electrons. The van der Waals surface area contributed by atoms with Gasteiger partial charge in [0.25, 0.3) is 0 Å². The molecule has 0 unspecified atom stereocenters. The van der Waals surface area contributed by atoms with E-state index in [2.05, 4.69) is 6.24 Å². The predicted octanol–water partition coefficient (Wildman–Crippen LogP) is 0.712. The average Bonchev–Trinajstić information content (AvgIpc) is 2.60. The molecule has 11 heavy (non-hydrogen) atoms. The Morgan fingerprint density at radius 2 is 1.00 bits per heavy atom. The molecule has 0 atom stereocenters. The predicted molar refractivity (Wildman–Crippen MR) is 47.4 cm³/mol. The van der Waals surface area contributed by atoms with E-state index < -0.39 is 0 Å². The summed E-state index contributed by atoms with van der Waals surface area (Å²) < 4.78 is 5.52. The molecule has 0 bridgehead atoms. The Bertz CT molecular complexity index is 103. The SMILES string of the molecule is C1CC[N]([Sn][N]2CCCC2)C1. The first kappa shape index (κ1) is 8.32. The molecule has 0 aromatic rings. The first-order valence-electron chi connectivity index (χ1n) is 4.71. The monoisotopic (exact) mass is 260 g/mol. The summed E-state index contributed by atoms with van der Waals surface area (Å²) in [5.41, 5.74) is 0. The van der Waals surface area contributed by atoms with Gasteiger partial charge >= 0.3 is 79.8 Å². The van der Waals surface area contributed by atoms with Crippen LogP contribution >= 0.6 is 0 Å². The van der Waals surface area contributed by atoms with Gasteiger partial charge in [-0.15, -0.1) is 0 Å². The normalized spacial score (nSPS) is 28.4. The number of rotatable bonds is 2. The standard InChI is InChI=1S/2C4H8N.Sn/c2*1-2-4-5-3-1;/h2*1-4H2;/q2*-1;+2. The first-order valence-corrected chi connectivity index (χ1v) is 7.26. The number of nitrogens with zero attached hydrogens (tertiary/aromatic N) is 2. The van der Waals surface area contributed by atoms with Gasteiger partial charge in [-0.25, -0.2) is 0 Å². The Labute approximate surface area is 79.9 Å². The molecule has 2 heterocycles. The second-order valence-electron chi connectivity index (χ2n) is 3.49. The summed E-state index contributed by atoms with van der Waals surface area (Å²) in [7, 11) is 0. The Hall–Kier alpha value is 0.719. The van der Waals surface area contributed by atoms with Gasteiger partial charge < -0.3 is 0 Å². The molecule has 2 nitrogen and oxygen atoms in total. The zero-order chi connectivity index (χ0) is 7.52. The summed E-state index contributed by atoms with van der Waals surface area (Å²) in [5, 5.41) is 0. The molecule has 0 aromatic heterocycles. The van der Waals surface area contributed by atoms with Crippen LogP contribution in [0.1, 0.15) is 25.7 Å². The minimum absolute atomic E-state index is 0.242. The summed E-state index contributed by atoms with van der Waals surface area (Å²) in [6.07, 6.45) is 5.87. The van der Waals surface area contributed by atoms with Crippen molar-refractivity contribution in [2.75, 3.05) is 26.2 Å². The van der Waals surface area contributed by atoms with E-state index in [1.165, 1.54) is 51.9 Å². The van der Waals surface area contributed by atoms with Crippen molar-refractivity contribution in [2.24, 2.45) is 0 Å². The van der Waals surface area contributed by atoms with Crippen LogP contribution in [0.5, 0.6) is 0 Å². The van der Waals surface area contributed by atoms with Crippen molar-refractivity contribution in [3.05, 3.63) is 0 Å². The fraction of sp³-hybridized carbons (Fsp3) is 1.00. The molecular formula is C8H16N2Sn. The maximum atomic E-state index is 2.76. The van der Waals surface area contributed by atoms with Crippen molar-refractivity contribution in [3.63, 3.8) is 0 Å². The van der Waals surface area contributed by atoms with Gasteiger partial charge in [-0.1, -0.05) is 0 Å². The van der Waals surface area contributed by atoms with Gasteiger partial charge in [0.05, 0.1) is 0 Å². The summed E-state index contributed by atoms with van der Waals surface area (Å²) in [4.78, 5) is 0. The summed E-state index contributed by atoms with van der Waals surface area (Å²) >= 11 is -0.242. The van der Waals surface area contributed by atoms with Crippen LogP contribution in [0.15, 0.2) is 0 Å². The summed E-state index contributed by atoms with van der Waals surface area (Å²) in [5.74, 6) is 0. The molecule has 0 spiro atoms. The van der Waals surface area contributed by atoms with Crippen LogP contribution in [-0.4, -0.2) is 54.1 Å². The van der Waals surface area contributed by atoms with Gasteiger partial charge in [-0.2, -0.15) is 0 Å². The van der Waals surface area contributed by atoms with Crippen molar-refractivity contribution >= 4 is 21.7 Å². The van der Waals surface area contributed by atoms with E-state index in [1.807, 2.05) is 0 Å².